The second-order valence-corrected chi connectivity index (χ2v) is 8.27. The monoisotopic (exact) mass is 316 g/mol. The van der Waals surface area contributed by atoms with Gasteiger partial charge in [0.1, 0.15) is 5.60 Å². The Morgan fingerprint density at radius 2 is 2.00 bits per heavy atom. The number of hydrogen-bond acceptors (Lipinski definition) is 4. The van der Waals surface area contributed by atoms with E-state index in [9.17, 15) is 4.79 Å². The van der Waals surface area contributed by atoms with Crippen molar-refractivity contribution < 1.29 is 9.53 Å². The summed E-state index contributed by atoms with van der Waals surface area (Å²) in [5.41, 5.74) is -0.426. The first-order valence-electron chi connectivity index (χ1n) is 8.06. The van der Waals surface area contributed by atoms with Gasteiger partial charge in [-0.25, -0.2) is 4.79 Å². The number of rotatable bonds is 6. The number of ether oxygens (including phenoxy) is 1. The fourth-order valence-corrected chi connectivity index (χ4v) is 2.94. The van der Waals surface area contributed by atoms with Crippen LogP contribution >= 0.6 is 11.8 Å². The van der Waals surface area contributed by atoms with Crippen LogP contribution in [0.3, 0.4) is 0 Å². The number of carbonyl (C=O) groups excluding carboxylic acids is 1. The Morgan fingerprint density at radius 3 is 2.62 bits per heavy atom. The van der Waals surface area contributed by atoms with Crippen LogP contribution < -0.4 is 10.6 Å². The van der Waals surface area contributed by atoms with Gasteiger partial charge in [0.15, 0.2) is 0 Å². The predicted molar refractivity (Wildman–Crippen MR) is 91.0 cm³/mol. The van der Waals surface area contributed by atoms with Crippen molar-refractivity contribution >= 4 is 17.9 Å². The molecular formula is C16H32N2O2S. The highest BCUT2D eigenvalue weighted by Crippen LogP contribution is 2.19. The number of carbonyl (C=O) groups is 1. The largest absolute Gasteiger partial charge is 0.444 e. The van der Waals surface area contributed by atoms with Gasteiger partial charge in [0.2, 0.25) is 0 Å². The third-order valence-electron chi connectivity index (χ3n) is 3.78. The van der Waals surface area contributed by atoms with Gasteiger partial charge in [-0.2, -0.15) is 11.8 Å². The zero-order valence-corrected chi connectivity index (χ0v) is 15.0. The molecule has 3 atom stereocenters. The molecule has 1 fully saturated rings. The van der Waals surface area contributed by atoms with Crippen molar-refractivity contribution in [2.24, 2.45) is 0 Å². The summed E-state index contributed by atoms with van der Waals surface area (Å²) in [4.78, 5) is 11.8. The van der Waals surface area contributed by atoms with E-state index in [0.717, 1.165) is 25.8 Å². The van der Waals surface area contributed by atoms with Crippen molar-refractivity contribution in [2.75, 3.05) is 12.8 Å². The van der Waals surface area contributed by atoms with Gasteiger partial charge >= 0.3 is 6.09 Å². The molecule has 0 saturated heterocycles. The van der Waals surface area contributed by atoms with Crippen LogP contribution in [-0.4, -0.2) is 41.8 Å². The Labute approximate surface area is 134 Å². The van der Waals surface area contributed by atoms with Gasteiger partial charge in [-0.3, -0.25) is 0 Å². The molecule has 124 valence electrons. The molecule has 0 spiro atoms. The van der Waals surface area contributed by atoms with E-state index in [2.05, 4.69) is 23.8 Å². The van der Waals surface area contributed by atoms with Gasteiger partial charge in [0.05, 0.1) is 0 Å². The van der Waals surface area contributed by atoms with Gasteiger partial charge in [-0.15, -0.1) is 0 Å². The second kappa shape index (κ2) is 8.89. The van der Waals surface area contributed by atoms with E-state index in [-0.39, 0.29) is 12.1 Å². The maximum absolute atomic E-state index is 11.8. The Kier molecular flexibility index (Phi) is 7.88. The van der Waals surface area contributed by atoms with E-state index >= 15 is 0 Å². The maximum atomic E-state index is 11.8. The molecule has 21 heavy (non-hydrogen) atoms. The molecule has 0 aromatic rings. The van der Waals surface area contributed by atoms with E-state index in [1.54, 1.807) is 0 Å². The summed E-state index contributed by atoms with van der Waals surface area (Å²) in [7, 11) is 0. The molecule has 0 bridgehead atoms. The van der Waals surface area contributed by atoms with Crippen LogP contribution in [0.2, 0.25) is 0 Å². The van der Waals surface area contributed by atoms with Crippen LogP contribution in [0, 0.1) is 0 Å². The highest BCUT2D eigenvalue weighted by atomic mass is 32.2. The lowest BCUT2D eigenvalue weighted by atomic mass is 9.91. The molecule has 0 heterocycles. The Hall–Kier alpha value is -0.420. The van der Waals surface area contributed by atoms with E-state index in [0.29, 0.717) is 11.3 Å². The average molecular weight is 317 g/mol. The van der Waals surface area contributed by atoms with Gasteiger partial charge in [0, 0.05) is 17.3 Å². The third kappa shape index (κ3) is 8.57. The lowest BCUT2D eigenvalue weighted by Gasteiger charge is -2.31. The van der Waals surface area contributed by atoms with E-state index in [4.69, 9.17) is 4.74 Å². The number of nitrogens with one attached hydrogen (secondary N) is 2. The molecule has 0 aromatic carbocycles. The Balaban J connectivity index is 2.27. The van der Waals surface area contributed by atoms with Gasteiger partial charge in [0.25, 0.3) is 0 Å². The zero-order chi connectivity index (χ0) is 15.9. The van der Waals surface area contributed by atoms with Crippen LogP contribution in [-0.2, 0) is 4.74 Å². The summed E-state index contributed by atoms with van der Waals surface area (Å²) < 4.78 is 5.33. The summed E-state index contributed by atoms with van der Waals surface area (Å²) in [6, 6.07) is 0.761. The predicted octanol–water partition coefficient (Wildman–Crippen LogP) is 3.55. The molecule has 1 saturated carbocycles. The topological polar surface area (TPSA) is 50.4 Å². The third-order valence-corrected chi connectivity index (χ3v) is 4.82. The van der Waals surface area contributed by atoms with E-state index < -0.39 is 5.60 Å². The standard InChI is InChI=1S/C16H32N2O2S/c1-12(21-5)9-10-17-13-7-6-8-14(11-13)18-15(19)20-16(2,3)4/h12-14,17H,6-11H2,1-5H3,(H,18,19). The van der Waals surface area contributed by atoms with E-state index in [1.807, 2.05) is 32.5 Å². The minimum Gasteiger partial charge on any atom is -0.444 e. The minimum atomic E-state index is -0.426. The highest BCUT2D eigenvalue weighted by Gasteiger charge is 2.25. The van der Waals surface area contributed by atoms with Crippen LogP contribution in [0.5, 0.6) is 0 Å². The maximum Gasteiger partial charge on any atom is 0.407 e. The number of amides is 1. The second-order valence-electron chi connectivity index (χ2n) is 7.00. The minimum absolute atomic E-state index is 0.240. The first kappa shape index (κ1) is 18.6. The summed E-state index contributed by atoms with van der Waals surface area (Å²) in [6.45, 7) is 9.01. The molecule has 1 rings (SSSR count). The first-order chi connectivity index (χ1) is 9.80. The molecule has 5 heteroatoms. The molecule has 3 unspecified atom stereocenters. The van der Waals surface area contributed by atoms with Gasteiger partial charge in [-0.1, -0.05) is 6.92 Å². The fourth-order valence-electron chi connectivity index (χ4n) is 2.59. The molecule has 4 nitrogen and oxygen atoms in total. The Bertz CT molecular complexity index is 318. The molecule has 1 aliphatic carbocycles. The quantitative estimate of drug-likeness (QED) is 0.787. The summed E-state index contributed by atoms with van der Waals surface area (Å²) >= 11 is 1.91. The van der Waals surface area contributed by atoms with E-state index in [1.165, 1.54) is 12.8 Å². The van der Waals surface area contributed by atoms with Crippen molar-refractivity contribution in [1.82, 2.24) is 10.6 Å². The molecule has 0 radical (unpaired) electrons. The van der Waals surface area contributed by atoms with Crippen molar-refractivity contribution in [2.45, 2.75) is 82.7 Å². The molecule has 1 aliphatic rings. The SMILES string of the molecule is CSC(C)CCNC1CCCC(NC(=O)OC(C)(C)C)C1. The molecule has 0 aromatic heterocycles. The number of alkyl carbamates (subject to hydrolysis) is 1. The lowest BCUT2D eigenvalue weighted by molar-refractivity contribution is 0.0488. The highest BCUT2D eigenvalue weighted by molar-refractivity contribution is 7.99. The van der Waals surface area contributed by atoms with Crippen LogP contribution in [0.15, 0.2) is 0 Å². The van der Waals surface area contributed by atoms with Crippen LogP contribution in [0.25, 0.3) is 0 Å². The lowest BCUT2D eigenvalue weighted by Crippen LogP contribution is -2.45. The smallest absolute Gasteiger partial charge is 0.407 e. The molecule has 1 amide bonds. The normalized spacial score (nSPS) is 24.4. The molecule has 0 aliphatic heterocycles. The van der Waals surface area contributed by atoms with Gasteiger partial charge in [-0.05, 0) is 65.7 Å². The average Bonchev–Trinajstić information content (AvgIpc) is 2.36. The zero-order valence-electron chi connectivity index (χ0n) is 14.2. The van der Waals surface area contributed by atoms with Crippen molar-refractivity contribution in [3.8, 4) is 0 Å². The van der Waals surface area contributed by atoms with Crippen LogP contribution in [0.1, 0.15) is 59.8 Å². The fraction of sp³-hybridized carbons (Fsp3) is 0.938. The first-order valence-corrected chi connectivity index (χ1v) is 9.34. The molecule has 2 N–H and O–H groups in total. The van der Waals surface area contributed by atoms with Crippen molar-refractivity contribution in [3.63, 3.8) is 0 Å². The van der Waals surface area contributed by atoms with Crippen molar-refractivity contribution in [1.29, 1.82) is 0 Å². The number of thioether (sulfide) groups is 1. The van der Waals surface area contributed by atoms with Gasteiger partial charge < -0.3 is 15.4 Å². The molecular weight excluding hydrogens is 284 g/mol. The van der Waals surface area contributed by atoms with Crippen LogP contribution in [0.4, 0.5) is 4.79 Å². The summed E-state index contributed by atoms with van der Waals surface area (Å²) in [5, 5.41) is 7.35. The summed E-state index contributed by atoms with van der Waals surface area (Å²) in [5.74, 6) is 0. The number of hydrogen-bond donors (Lipinski definition) is 2. The Morgan fingerprint density at radius 1 is 1.33 bits per heavy atom. The van der Waals surface area contributed by atoms with Crippen molar-refractivity contribution in [3.05, 3.63) is 0 Å². The summed E-state index contributed by atoms with van der Waals surface area (Å²) in [6.07, 6.45) is 7.50.